The third-order valence-corrected chi connectivity index (χ3v) is 3.45. The maximum absolute atomic E-state index is 5.50. The van der Waals surface area contributed by atoms with Gasteiger partial charge in [-0.15, -0.1) is 11.8 Å². The first kappa shape index (κ1) is 9.87. The topological polar surface area (TPSA) is 38.0 Å². The van der Waals surface area contributed by atoms with Gasteiger partial charge in [0.15, 0.2) is 0 Å². The van der Waals surface area contributed by atoms with Crippen molar-refractivity contribution in [1.29, 1.82) is 0 Å². The van der Waals surface area contributed by atoms with Crippen LogP contribution < -0.4 is 11.1 Å². The van der Waals surface area contributed by atoms with E-state index in [1.807, 2.05) is 11.8 Å². The highest BCUT2D eigenvalue weighted by Gasteiger charge is 2.08. The van der Waals surface area contributed by atoms with Crippen molar-refractivity contribution in [2.45, 2.75) is 17.7 Å². The minimum absolute atomic E-state index is 0.780. The number of aryl methyl sites for hydroxylation is 1. The number of fused-ring (bicyclic) bond motifs is 1. The molecule has 76 valence electrons. The van der Waals surface area contributed by atoms with E-state index >= 15 is 0 Å². The maximum Gasteiger partial charge on any atom is 0.0478 e. The molecule has 0 spiro atoms. The van der Waals surface area contributed by atoms with Crippen LogP contribution in [0.25, 0.3) is 0 Å². The second-order valence-corrected chi connectivity index (χ2v) is 4.63. The van der Waals surface area contributed by atoms with Crippen LogP contribution in [0.2, 0.25) is 0 Å². The van der Waals surface area contributed by atoms with Gasteiger partial charge in [-0.3, -0.25) is 0 Å². The van der Waals surface area contributed by atoms with Crippen molar-refractivity contribution in [2.75, 3.05) is 24.2 Å². The minimum atomic E-state index is 0.780. The molecule has 1 heterocycles. The largest absolute Gasteiger partial charge is 0.383 e. The lowest BCUT2D eigenvalue weighted by Crippen LogP contribution is -2.10. The second-order valence-electron chi connectivity index (χ2n) is 3.50. The highest BCUT2D eigenvalue weighted by molar-refractivity contribution is 7.99. The number of benzene rings is 1. The Labute approximate surface area is 89.3 Å². The van der Waals surface area contributed by atoms with Crippen LogP contribution in [0.15, 0.2) is 23.1 Å². The molecular weight excluding hydrogens is 192 g/mol. The quantitative estimate of drug-likeness (QED) is 0.799. The molecule has 0 atom stereocenters. The molecule has 3 N–H and O–H groups in total. The van der Waals surface area contributed by atoms with E-state index in [-0.39, 0.29) is 0 Å². The lowest BCUT2D eigenvalue weighted by molar-refractivity contribution is 0.830. The molecule has 14 heavy (non-hydrogen) atoms. The first-order chi connectivity index (χ1) is 6.90. The Kier molecular flexibility index (Phi) is 3.32. The number of anilines is 1. The van der Waals surface area contributed by atoms with Gasteiger partial charge in [0.1, 0.15) is 0 Å². The van der Waals surface area contributed by atoms with Crippen LogP contribution >= 0.6 is 11.8 Å². The van der Waals surface area contributed by atoms with Gasteiger partial charge in [0.25, 0.3) is 0 Å². The highest BCUT2D eigenvalue weighted by atomic mass is 32.2. The number of rotatable bonds is 3. The Hall–Kier alpha value is -0.670. The average Bonchev–Trinajstić information content (AvgIpc) is 2.26. The molecule has 1 aromatic carbocycles. The third-order valence-electron chi connectivity index (χ3n) is 2.39. The van der Waals surface area contributed by atoms with Crippen LogP contribution in [-0.4, -0.2) is 18.8 Å². The van der Waals surface area contributed by atoms with Crippen LogP contribution in [0, 0.1) is 0 Å². The summed E-state index contributed by atoms with van der Waals surface area (Å²) in [6.45, 7) is 1.86. The molecule has 0 saturated heterocycles. The zero-order valence-corrected chi connectivity index (χ0v) is 9.07. The molecule has 0 aromatic heterocycles. The van der Waals surface area contributed by atoms with Crippen molar-refractivity contribution in [3.05, 3.63) is 23.8 Å². The number of hydrogen-bond acceptors (Lipinski definition) is 3. The summed E-state index contributed by atoms with van der Waals surface area (Å²) in [6.07, 6.45) is 2.18. The summed E-state index contributed by atoms with van der Waals surface area (Å²) in [4.78, 5) is 1.39. The van der Waals surface area contributed by atoms with E-state index in [1.54, 1.807) is 0 Å². The molecule has 2 nitrogen and oxygen atoms in total. The van der Waals surface area contributed by atoms with Gasteiger partial charge in [-0.2, -0.15) is 0 Å². The smallest absolute Gasteiger partial charge is 0.0478 e. The van der Waals surface area contributed by atoms with Crippen LogP contribution in [0.4, 0.5) is 5.69 Å². The van der Waals surface area contributed by atoms with Gasteiger partial charge in [0.2, 0.25) is 0 Å². The normalized spacial score (nSPS) is 14.6. The summed E-state index contributed by atoms with van der Waals surface area (Å²) in [7, 11) is 0. The van der Waals surface area contributed by atoms with Crippen LogP contribution in [0.3, 0.4) is 0 Å². The van der Waals surface area contributed by atoms with E-state index in [9.17, 15) is 0 Å². The zero-order chi connectivity index (χ0) is 9.80. The number of nitrogens with one attached hydrogen (secondary N) is 1. The number of thioether (sulfide) groups is 1. The first-order valence-corrected chi connectivity index (χ1v) is 6.08. The Bertz CT molecular complexity index is 312. The van der Waals surface area contributed by atoms with Crippen molar-refractivity contribution in [1.82, 2.24) is 0 Å². The lowest BCUT2D eigenvalue weighted by Gasteiger charge is -2.18. The molecule has 0 fully saturated rings. The maximum atomic E-state index is 5.50. The fourth-order valence-electron chi connectivity index (χ4n) is 1.64. The highest BCUT2D eigenvalue weighted by Crippen LogP contribution is 2.31. The van der Waals surface area contributed by atoms with Crippen molar-refractivity contribution >= 4 is 17.4 Å². The molecule has 0 aliphatic carbocycles. The van der Waals surface area contributed by atoms with Crippen LogP contribution in [0.5, 0.6) is 0 Å². The molecule has 2 rings (SSSR count). The van der Waals surface area contributed by atoms with Gasteiger partial charge < -0.3 is 11.1 Å². The van der Waals surface area contributed by atoms with Crippen molar-refractivity contribution in [3.8, 4) is 0 Å². The predicted molar refractivity (Wildman–Crippen MR) is 63.0 cm³/mol. The molecule has 0 bridgehead atoms. The summed E-state index contributed by atoms with van der Waals surface area (Å²) in [6, 6.07) is 6.68. The van der Waals surface area contributed by atoms with Crippen molar-refractivity contribution < 1.29 is 0 Å². The Morgan fingerprint density at radius 1 is 1.43 bits per heavy atom. The summed E-state index contributed by atoms with van der Waals surface area (Å²) >= 11 is 1.94. The van der Waals surface area contributed by atoms with E-state index in [2.05, 4.69) is 23.5 Å². The Balaban J connectivity index is 2.12. The summed E-state index contributed by atoms with van der Waals surface area (Å²) in [5.41, 5.74) is 8.19. The number of hydrogen-bond donors (Lipinski definition) is 2. The summed E-state index contributed by atoms with van der Waals surface area (Å²) < 4.78 is 0. The molecule has 0 radical (unpaired) electrons. The zero-order valence-electron chi connectivity index (χ0n) is 8.25. The van der Waals surface area contributed by atoms with Crippen LogP contribution in [0.1, 0.15) is 12.0 Å². The molecular formula is C11H16N2S. The minimum Gasteiger partial charge on any atom is -0.383 e. The van der Waals surface area contributed by atoms with Gasteiger partial charge in [0, 0.05) is 22.9 Å². The molecule has 0 amide bonds. The molecule has 0 unspecified atom stereocenters. The molecule has 0 saturated carbocycles. The van der Waals surface area contributed by atoms with E-state index < -0.39 is 0 Å². The van der Waals surface area contributed by atoms with Gasteiger partial charge in [0.05, 0.1) is 0 Å². The Morgan fingerprint density at radius 2 is 2.36 bits per heavy atom. The predicted octanol–water partition coefficient (Wildman–Crippen LogP) is 2.10. The fraction of sp³-hybridized carbons (Fsp3) is 0.455. The molecule has 3 heteroatoms. The third kappa shape index (κ3) is 2.22. The van der Waals surface area contributed by atoms with Crippen molar-refractivity contribution in [3.63, 3.8) is 0 Å². The second kappa shape index (κ2) is 4.71. The van der Waals surface area contributed by atoms with E-state index in [1.165, 1.54) is 21.9 Å². The van der Waals surface area contributed by atoms with Crippen LogP contribution in [-0.2, 0) is 6.42 Å². The summed E-state index contributed by atoms with van der Waals surface area (Å²) in [5.74, 6) is 1.17. The molecule has 1 aliphatic rings. The van der Waals surface area contributed by atoms with Gasteiger partial charge >= 0.3 is 0 Å². The van der Waals surface area contributed by atoms with E-state index in [0.29, 0.717) is 0 Å². The van der Waals surface area contributed by atoms with Gasteiger partial charge in [-0.05, 0) is 37.1 Å². The van der Waals surface area contributed by atoms with E-state index in [0.717, 1.165) is 25.9 Å². The number of nitrogens with two attached hydrogens (primary N) is 1. The Morgan fingerprint density at radius 3 is 3.21 bits per heavy atom. The van der Waals surface area contributed by atoms with Gasteiger partial charge in [-0.25, -0.2) is 0 Å². The fourth-order valence-corrected chi connectivity index (χ4v) is 2.60. The monoisotopic (exact) mass is 208 g/mol. The lowest BCUT2D eigenvalue weighted by atomic mass is 10.1. The summed E-state index contributed by atoms with van der Waals surface area (Å²) in [5, 5.41) is 3.40. The molecule has 1 aliphatic heterocycles. The van der Waals surface area contributed by atoms with Crippen molar-refractivity contribution in [2.24, 2.45) is 5.73 Å². The molecule has 1 aromatic rings. The van der Waals surface area contributed by atoms with E-state index in [4.69, 9.17) is 5.73 Å². The standard InChI is InChI=1S/C11H16N2S/c12-5-1-2-9-3-4-10-11(8-9)14-7-6-13-10/h3-4,8,13H,1-2,5-7,12H2. The first-order valence-electron chi connectivity index (χ1n) is 5.10. The average molecular weight is 208 g/mol. The van der Waals surface area contributed by atoms with Gasteiger partial charge in [-0.1, -0.05) is 6.07 Å². The SMILES string of the molecule is NCCCc1ccc2c(c1)SCCN2.